The molecule has 3 rings (SSSR count). The highest BCUT2D eigenvalue weighted by atomic mass is 35.5. The van der Waals surface area contributed by atoms with E-state index in [1.54, 1.807) is 24.3 Å². The number of hydrogen-bond donors (Lipinski definition) is 0. The van der Waals surface area contributed by atoms with Gasteiger partial charge in [0.05, 0.1) is 10.0 Å². The molecule has 0 N–H and O–H groups in total. The minimum Gasteiger partial charge on any atom is -0.436 e. The lowest BCUT2D eigenvalue weighted by atomic mass is 10.1. The minimum absolute atomic E-state index is 0.258. The molecule has 0 unspecified atom stereocenters. The molecule has 0 aliphatic heterocycles. The highest BCUT2D eigenvalue weighted by Gasteiger charge is 2.10. The summed E-state index contributed by atoms with van der Waals surface area (Å²) >= 11 is 18.2. The number of hydrogen-bond acceptors (Lipinski definition) is 3. The van der Waals surface area contributed by atoms with Crippen LogP contribution in [0.2, 0.25) is 15.1 Å². The Balaban J connectivity index is 1.89. The standard InChI is InChI=1S/C16H9Cl3N2O/c17-11-6-7-14(12(18)8-11)22-15-9-13(19)16(21-20-15)10-4-2-1-3-5-10/h1-9H. The van der Waals surface area contributed by atoms with Crippen molar-refractivity contribution in [1.82, 2.24) is 10.2 Å². The van der Waals surface area contributed by atoms with Gasteiger partial charge in [0.1, 0.15) is 11.4 Å². The Morgan fingerprint density at radius 2 is 1.55 bits per heavy atom. The molecule has 0 radical (unpaired) electrons. The van der Waals surface area contributed by atoms with Crippen molar-refractivity contribution in [2.75, 3.05) is 0 Å². The molecule has 110 valence electrons. The van der Waals surface area contributed by atoms with Gasteiger partial charge in [-0.1, -0.05) is 65.1 Å². The molecule has 1 aromatic heterocycles. The van der Waals surface area contributed by atoms with Gasteiger partial charge in [-0.25, -0.2) is 0 Å². The first-order valence-corrected chi connectivity index (χ1v) is 7.48. The maximum Gasteiger partial charge on any atom is 0.240 e. The largest absolute Gasteiger partial charge is 0.436 e. The number of ether oxygens (including phenoxy) is 1. The topological polar surface area (TPSA) is 35.0 Å². The second-order valence-electron chi connectivity index (χ2n) is 4.42. The van der Waals surface area contributed by atoms with Gasteiger partial charge in [0.15, 0.2) is 0 Å². The Morgan fingerprint density at radius 3 is 2.23 bits per heavy atom. The van der Waals surface area contributed by atoms with Crippen LogP contribution in [-0.2, 0) is 0 Å². The van der Waals surface area contributed by atoms with Crippen LogP contribution in [0, 0.1) is 0 Å². The quantitative estimate of drug-likeness (QED) is 0.589. The summed E-state index contributed by atoms with van der Waals surface area (Å²) in [4.78, 5) is 0. The molecule has 0 bridgehead atoms. The number of aromatic nitrogens is 2. The second kappa shape index (κ2) is 6.53. The summed E-state index contributed by atoms with van der Waals surface area (Å²) in [6.07, 6.45) is 0. The van der Waals surface area contributed by atoms with Crippen molar-refractivity contribution in [2.24, 2.45) is 0 Å². The van der Waals surface area contributed by atoms with E-state index in [0.29, 0.717) is 26.5 Å². The van der Waals surface area contributed by atoms with Crippen LogP contribution in [0.3, 0.4) is 0 Å². The summed E-state index contributed by atoms with van der Waals surface area (Å²) in [6.45, 7) is 0. The predicted octanol–water partition coefficient (Wildman–Crippen LogP) is 5.90. The molecule has 0 spiro atoms. The van der Waals surface area contributed by atoms with E-state index < -0.39 is 0 Å². The third kappa shape index (κ3) is 3.33. The summed E-state index contributed by atoms with van der Waals surface area (Å²) in [5.41, 5.74) is 1.48. The monoisotopic (exact) mass is 350 g/mol. The third-order valence-corrected chi connectivity index (χ3v) is 3.70. The van der Waals surface area contributed by atoms with Gasteiger partial charge in [0.25, 0.3) is 0 Å². The van der Waals surface area contributed by atoms with Gasteiger partial charge in [0.2, 0.25) is 5.88 Å². The van der Waals surface area contributed by atoms with E-state index in [-0.39, 0.29) is 5.88 Å². The molecule has 1 heterocycles. The van der Waals surface area contributed by atoms with Crippen LogP contribution in [0.4, 0.5) is 0 Å². The van der Waals surface area contributed by atoms with Crippen LogP contribution in [-0.4, -0.2) is 10.2 Å². The SMILES string of the molecule is Clc1ccc(Oc2cc(Cl)c(-c3ccccc3)nn2)c(Cl)c1. The number of rotatable bonds is 3. The van der Waals surface area contributed by atoms with E-state index in [1.165, 1.54) is 0 Å². The Morgan fingerprint density at radius 1 is 0.773 bits per heavy atom. The van der Waals surface area contributed by atoms with Gasteiger partial charge in [0, 0.05) is 16.7 Å². The summed E-state index contributed by atoms with van der Waals surface area (Å²) in [5.74, 6) is 0.692. The van der Waals surface area contributed by atoms with Gasteiger partial charge < -0.3 is 4.74 Å². The van der Waals surface area contributed by atoms with E-state index in [4.69, 9.17) is 39.5 Å². The first-order chi connectivity index (χ1) is 10.6. The lowest BCUT2D eigenvalue weighted by Gasteiger charge is -2.08. The van der Waals surface area contributed by atoms with Crippen LogP contribution in [0.1, 0.15) is 0 Å². The molecule has 0 aliphatic rings. The first kappa shape index (κ1) is 15.1. The Hall–Kier alpha value is -1.81. The zero-order chi connectivity index (χ0) is 15.5. The van der Waals surface area contributed by atoms with Crippen LogP contribution < -0.4 is 4.74 Å². The first-order valence-electron chi connectivity index (χ1n) is 6.35. The fourth-order valence-electron chi connectivity index (χ4n) is 1.86. The maximum absolute atomic E-state index is 6.26. The number of halogens is 3. The van der Waals surface area contributed by atoms with Crippen LogP contribution >= 0.6 is 34.8 Å². The molecule has 2 aromatic carbocycles. The van der Waals surface area contributed by atoms with E-state index in [1.807, 2.05) is 30.3 Å². The van der Waals surface area contributed by atoms with Crippen molar-refractivity contribution in [3.05, 3.63) is 69.7 Å². The average Bonchev–Trinajstić information content (AvgIpc) is 2.51. The molecule has 0 atom stereocenters. The highest BCUT2D eigenvalue weighted by Crippen LogP contribution is 2.33. The van der Waals surface area contributed by atoms with Crippen LogP contribution in [0.25, 0.3) is 11.3 Å². The van der Waals surface area contributed by atoms with Crippen molar-refractivity contribution in [3.8, 4) is 22.9 Å². The Labute approximate surface area is 142 Å². The smallest absolute Gasteiger partial charge is 0.240 e. The zero-order valence-corrected chi connectivity index (χ0v) is 13.4. The predicted molar refractivity (Wildman–Crippen MR) is 89.0 cm³/mol. The highest BCUT2D eigenvalue weighted by molar-refractivity contribution is 6.35. The molecule has 3 nitrogen and oxygen atoms in total. The molecule has 22 heavy (non-hydrogen) atoms. The lowest BCUT2D eigenvalue weighted by molar-refractivity contribution is 0.456. The molecule has 6 heteroatoms. The molecule has 0 fully saturated rings. The molecule has 0 saturated carbocycles. The number of nitrogens with zero attached hydrogens (tertiary/aromatic N) is 2. The maximum atomic E-state index is 6.26. The number of benzene rings is 2. The lowest BCUT2D eigenvalue weighted by Crippen LogP contribution is -1.94. The third-order valence-electron chi connectivity index (χ3n) is 2.88. The minimum atomic E-state index is 0.258. The van der Waals surface area contributed by atoms with Crippen molar-refractivity contribution < 1.29 is 4.74 Å². The molecular weight excluding hydrogens is 343 g/mol. The second-order valence-corrected chi connectivity index (χ2v) is 5.67. The normalized spacial score (nSPS) is 10.5. The van der Waals surface area contributed by atoms with E-state index >= 15 is 0 Å². The summed E-state index contributed by atoms with van der Waals surface area (Å²) < 4.78 is 5.59. The van der Waals surface area contributed by atoms with Crippen molar-refractivity contribution in [2.45, 2.75) is 0 Å². The molecule has 0 aliphatic carbocycles. The zero-order valence-electron chi connectivity index (χ0n) is 11.1. The van der Waals surface area contributed by atoms with Gasteiger partial charge in [-0.3, -0.25) is 0 Å². The average molecular weight is 352 g/mol. The van der Waals surface area contributed by atoms with Crippen molar-refractivity contribution in [3.63, 3.8) is 0 Å². The summed E-state index contributed by atoms with van der Waals surface area (Å²) in [7, 11) is 0. The molecular formula is C16H9Cl3N2O. The van der Waals surface area contributed by atoms with Crippen molar-refractivity contribution in [1.29, 1.82) is 0 Å². The van der Waals surface area contributed by atoms with E-state index in [2.05, 4.69) is 10.2 Å². The van der Waals surface area contributed by atoms with Gasteiger partial charge in [-0.2, -0.15) is 0 Å². The molecule has 3 aromatic rings. The van der Waals surface area contributed by atoms with E-state index in [0.717, 1.165) is 5.56 Å². The summed E-state index contributed by atoms with van der Waals surface area (Å²) in [6, 6.07) is 16.1. The van der Waals surface area contributed by atoms with Crippen molar-refractivity contribution >= 4 is 34.8 Å². The Bertz CT molecular complexity index is 810. The van der Waals surface area contributed by atoms with Gasteiger partial charge in [-0.05, 0) is 18.2 Å². The van der Waals surface area contributed by atoms with Crippen LogP contribution in [0.5, 0.6) is 11.6 Å². The van der Waals surface area contributed by atoms with Gasteiger partial charge in [-0.15, -0.1) is 10.2 Å². The van der Waals surface area contributed by atoms with Gasteiger partial charge >= 0.3 is 0 Å². The molecule has 0 saturated heterocycles. The fourth-order valence-corrected chi connectivity index (χ4v) is 2.55. The van der Waals surface area contributed by atoms with E-state index in [9.17, 15) is 0 Å². The van der Waals surface area contributed by atoms with Crippen LogP contribution in [0.15, 0.2) is 54.6 Å². The molecule has 0 amide bonds. The summed E-state index contributed by atoms with van der Waals surface area (Å²) in [5, 5.41) is 9.50. The Kier molecular flexibility index (Phi) is 4.48. The fraction of sp³-hybridized carbons (Fsp3) is 0.